The van der Waals surface area contributed by atoms with Crippen molar-refractivity contribution in [1.82, 2.24) is 29.5 Å². The number of hydrogen-bond donors (Lipinski definition) is 0. The van der Waals surface area contributed by atoms with Gasteiger partial charge in [0.05, 0.1) is 18.3 Å². The number of halogens is 4. The maximum Gasteiger partial charge on any atom is 0.451 e. The molecule has 0 aliphatic carbocycles. The fourth-order valence-electron chi connectivity index (χ4n) is 6.12. The summed E-state index contributed by atoms with van der Waals surface area (Å²) in [7, 11) is 1.91. The number of nitrogens with zero attached hydrogens (tertiary/aromatic N) is 8. The number of carbonyl (C=O) groups is 1. The van der Waals surface area contributed by atoms with E-state index < -0.39 is 24.7 Å². The number of carbonyl (C=O) groups excluding carboxylic acids is 1. The van der Waals surface area contributed by atoms with Gasteiger partial charge in [0.25, 0.3) is 0 Å². The van der Waals surface area contributed by atoms with Crippen molar-refractivity contribution in [3.63, 3.8) is 0 Å². The molecule has 2 aromatic heterocycles. The molecule has 3 saturated heterocycles. The lowest BCUT2D eigenvalue weighted by molar-refractivity contribution is -0.144. The van der Waals surface area contributed by atoms with Gasteiger partial charge in [-0.05, 0) is 31.4 Å². The van der Waals surface area contributed by atoms with Crippen LogP contribution in [0.1, 0.15) is 35.8 Å². The topological polar surface area (TPSA) is 73.6 Å². The van der Waals surface area contributed by atoms with Crippen molar-refractivity contribution in [3.05, 3.63) is 42.0 Å². The van der Waals surface area contributed by atoms with Crippen molar-refractivity contribution in [2.45, 2.75) is 43.9 Å². The van der Waals surface area contributed by atoms with E-state index in [9.17, 15) is 22.4 Å². The molecular weight excluding hydrogens is 516 g/mol. The molecule has 13 heteroatoms. The van der Waals surface area contributed by atoms with Gasteiger partial charge in [0.1, 0.15) is 18.3 Å². The summed E-state index contributed by atoms with van der Waals surface area (Å²) < 4.78 is 57.6. The Morgan fingerprint density at radius 1 is 1.10 bits per heavy atom. The van der Waals surface area contributed by atoms with E-state index in [0.717, 1.165) is 24.1 Å². The monoisotopic (exact) mass is 550 g/mol. The van der Waals surface area contributed by atoms with E-state index in [4.69, 9.17) is 0 Å². The number of aromatic nitrogens is 4. The number of piperazine rings is 1. The highest BCUT2D eigenvalue weighted by atomic mass is 19.4. The van der Waals surface area contributed by atoms with Crippen molar-refractivity contribution in [2.75, 3.05) is 62.3 Å². The zero-order valence-corrected chi connectivity index (χ0v) is 22.2. The van der Waals surface area contributed by atoms with Crippen LogP contribution >= 0.6 is 0 Å². The van der Waals surface area contributed by atoms with Gasteiger partial charge in [-0.3, -0.25) is 14.4 Å². The molecule has 0 bridgehead atoms. The Kier molecular flexibility index (Phi) is 7.53. The molecular formula is C26H34F4N8O. The summed E-state index contributed by atoms with van der Waals surface area (Å²) in [5.74, 6) is -0.773. The van der Waals surface area contributed by atoms with Gasteiger partial charge in [-0.25, -0.2) is 14.4 Å². The summed E-state index contributed by atoms with van der Waals surface area (Å²) in [5, 5.41) is 4.32. The molecule has 1 amide bonds. The lowest BCUT2D eigenvalue weighted by atomic mass is 9.91. The van der Waals surface area contributed by atoms with E-state index in [1.165, 1.54) is 6.08 Å². The number of hydrogen-bond acceptors (Lipinski definition) is 7. The third-order valence-corrected chi connectivity index (χ3v) is 8.29. The van der Waals surface area contributed by atoms with Gasteiger partial charge in [-0.1, -0.05) is 6.58 Å². The van der Waals surface area contributed by atoms with E-state index >= 15 is 0 Å². The molecule has 0 N–H and O–H groups in total. The second-order valence-corrected chi connectivity index (χ2v) is 10.5. The highest BCUT2D eigenvalue weighted by molar-refractivity contribution is 5.87. The average molecular weight is 551 g/mol. The molecule has 2 atom stereocenters. The Morgan fingerprint density at radius 2 is 1.77 bits per heavy atom. The van der Waals surface area contributed by atoms with Crippen LogP contribution < -0.4 is 9.80 Å². The largest absolute Gasteiger partial charge is 0.451 e. The van der Waals surface area contributed by atoms with Gasteiger partial charge >= 0.3 is 6.18 Å². The quantitative estimate of drug-likeness (QED) is 0.405. The third kappa shape index (κ3) is 5.32. The summed E-state index contributed by atoms with van der Waals surface area (Å²) in [4.78, 5) is 26.8. The molecule has 0 radical (unpaired) electrons. The second kappa shape index (κ2) is 10.7. The molecule has 5 heterocycles. The summed E-state index contributed by atoms with van der Waals surface area (Å²) in [6.45, 7) is 8.42. The predicted molar refractivity (Wildman–Crippen MR) is 138 cm³/mol. The van der Waals surface area contributed by atoms with Crippen LogP contribution in [-0.4, -0.2) is 100 Å². The van der Waals surface area contributed by atoms with Crippen molar-refractivity contribution < 1.29 is 22.4 Å². The standard InChI is InChI=1S/C26H34F4N8O/c1-4-23(39)37-11-9-35(10-12-37)20-16-38(19(20)14-27)22-13-21(32-25(33-22)26(28,29)30)36-7-5-18(6-8-36)24-17(2)15-31-34(24)3/h4,13,15,18-20H,1,5-12,14,16H2,2-3H3/t19-,20-/m1/s1. The average Bonchev–Trinajstić information content (AvgIpc) is 3.25. The molecule has 39 heavy (non-hydrogen) atoms. The van der Waals surface area contributed by atoms with Crippen LogP contribution in [0.2, 0.25) is 0 Å². The summed E-state index contributed by atoms with van der Waals surface area (Å²) in [6, 6.07) is 0.778. The Hall–Kier alpha value is -3.22. The van der Waals surface area contributed by atoms with Crippen molar-refractivity contribution >= 4 is 17.5 Å². The van der Waals surface area contributed by atoms with Gasteiger partial charge in [-0.15, -0.1) is 0 Å². The minimum absolute atomic E-state index is 0.0938. The fraction of sp³-hybridized carbons (Fsp3) is 0.615. The first kappa shape index (κ1) is 27.4. The maximum absolute atomic E-state index is 14.2. The molecule has 0 unspecified atom stereocenters. The van der Waals surface area contributed by atoms with E-state index in [1.807, 2.05) is 29.7 Å². The number of amides is 1. The van der Waals surface area contributed by atoms with Crippen LogP contribution in [0.15, 0.2) is 24.9 Å². The van der Waals surface area contributed by atoms with Gasteiger partial charge in [0.15, 0.2) is 0 Å². The van der Waals surface area contributed by atoms with Crippen molar-refractivity contribution in [2.24, 2.45) is 7.05 Å². The Balaban J connectivity index is 1.31. The molecule has 0 spiro atoms. The lowest BCUT2D eigenvalue weighted by Crippen LogP contribution is -2.70. The molecule has 3 aliphatic rings. The summed E-state index contributed by atoms with van der Waals surface area (Å²) in [5.41, 5.74) is 2.26. The van der Waals surface area contributed by atoms with Crippen LogP contribution in [-0.2, 0) is 18.0 Å². The van der Waals surface area contributed by atoms with Gasteiger partial charge < -0.3 is 14.7 Å². The minimum atomic E-state index is -4.72. The van der Waals surface area contributed by atoms with Crippen LogP contribution in [0.4, 0.5) is 29.2 Å². The molecule has 212 valence electrons. The number of alkyl halides is 4. The molecule has 2 aromatic rings. The first-order valence-electron chi connectivity index (χ1n) is 13.3. The Labute approximate surface area is 225 Å². The predicted octanol–water partition coefficient (Wildman–Crippen LogP) is 2.78. The van der Waals surface area contributed by atoms with Crippen LogP contribution in [0.25, 0.3) is 0 Å². The minimum Gasteiger partial charge on any atom is -0.356 e. The summed E-state index contributed by atoms with van der Waals surface area (Å²) >= 11 is 0. The SMILES string of the molecule is C=CC(=O)N1CCN([C@@H]2CN(c3cc(N4CCC(c5c(C)cnn5C)CC4)nc(C(F)(F)F)n3)[C@@H]2CF)CC1. The highest BCUT2D eigenvalue weighted by Crippen LogP contribution is 2.37. The molecule has 5 rings (SSSR count). The van der Waals surface area contributed by atoms with Crippen LogP contribution in [0, 0.1) is 6.92 Å². The number of aryl methyl sites for hydroxylation is 2. The molecule has 9 nitrogen and oxygen atoms in total. The summed E-state index contributed by atoms with van der Waals surface area (Å²) in [6.07, 6.45) is -0.0895. The fourth-order valence-corrected chi connectivity index (χ4v) is 6.12. The first-order valence-corrected chi connectivity index (χ1v) is 13.3. The molecule has 0 saturated carbocycles. The van der Waals surface area contributed by atoms with Crippen LogP contribution in [0.5, 0.6) is 0 Å². The van der Waals surface area contributed by atoms with Crippen molar-refractivity contribution in [3.8, 4) is 0 Å². The zero-order chi connectivity index (χ0) is 27.9. The number of rotatable bonds is 6. The van der Waals surface area contributed by atoms with Crippen LogP contribution in [0.3, 0.4) is 0 Å². The van der Waals surface area contributed by atoms with E-state index in [0.29, 0.717) is 45.8 Å². The Bertz CT molecular complexity index is 1180. The van der Waals surface area contributed by atoms with E-state index in [1.54, 1.807) is 15.9 Å². The van der Waals surface area contributed by atoms with Gasteiger partial charge in [0.2, 0.25) is 11.7 Å². The van der Waals surface area contributed by atoms with Gasteiger partial charge in [-0.2, -0.15) is 18.3 Å². The zero-order valence-electron chi connectivity index (χ0n) is 22.2. The smallest absolute Gasteiger partial charge is 0.356 e. The normalized spacial score (nSPS) is 23.2. The third-order valence-electron chi connectivity index (χ3n) is 8.29. The molecule has 3 aliphatic heterocycles. The van der Waals surface area contributed by atoms with Gasteiger partial charge in [0, 0.05) is 70.5 Å². The van der Waals surface area contributed by atoms with Crippen molar-refractivity contribution in [1.29, 1.82) is 0 Å². The molecule has 3 fully saturated rings. The highest BCUT2D eigenvalue weighted by Gasteiger charge is 2.45. The van der Waals surface area contributed by atoms with E-state index in [-0.39, 0.29) is 29.5 Å². The lowest BCUT2D eigenvalue weighted by Gasteiger charge is -2.53. The first-order chi connectivity index (χ1) is 18.6. The number of piperidine rings is 1. The van der Waals surface area contributed by atoms with E-state index in [2.05, 4.69) is 26.5 Å². The maximum atomic E-state index is 14.2. The Morgan fingerprint density at radius 3 is 2.33 bits per heavy atom. The molecule has 0 aromatic carbocycles. The number of anilines is 2. The second-order valence-electron chi connectivity index (χ2n) is 10.5.